The van der Waals surface area contributed by atoms with Crippen LogP contribution in [-0.2, 0) is 0 Å². The molecule has 0 saturated carbocycles. The Labute approximate surface area is 328 Å². The van der Waals surface area contributed by atoms with E-state index in [0.717, 1.165) is 21.8 Å². The molecule has 12 rings (SSSR count). The molecular weight excluding hydrogens is 691 g/mol. The van der Waals surface area contributed by atoms with E-state index < -0.39 is 0 Å². The smallest absolute Gasteiger partial charge is 0.0971 e. The fourth-order valence-electron chi connectivity index (χ4n) is 9.37. The van der Waals surface area contributed by atoms with E-state index in [-0.39, 0.29) is 0 Å². The van der Waals surface area contributed by atoms with Gasteiger partial charge in [-0.1, -0.05) is 158 Å². The van der Waals surface area contributed by atoms with Crippen LogP contribution in [0.5, 0.6) is 0 Å². The molecule has 0 unspecified atom stereocenters. The molecule has 3 heteroatoms. The van der Waals surface area contributed by atoms with Crippen LogP contribution < -0.4 is 0 Å². The maximum absolute atomic E-state index is 4.76. The number of hydrogen-bond donors (Lipinski definition) is 0. The highest BCUT2D eigenvalue weighted by Crippen LogP contribution is 2.42. The molecule has 3 nitrogen and oxygen atoms in total. The van der Waals surface area contributed by atoms with E-state index in [1.807, 2.05) is 0 Å². The van der Waals surface area contributed by atoms with Crippen LogP contribution in [0.25, 0.3) is 115 Å². The van der Waals surface area contributed by atoms with Crippen LogP contribution >= 0.6 is 0 Å². The lowest BCUT2D eigenvalue weighted by atomic mass is 9.89. The van der Waals surface area contributed by atoms with Crippen LogP contribution in [-0.4, -0.2) is 14.5 Å². The Kier molecular flexibility index (Phi) is 6.93. The molecule has 0 aliphatic heterocycles. The monoisotopic (exact) mass is 723 g/mol. The number of benzene rings is 10. The predicted molar refractivity (Wildman–Crippen MR) is 240 cm³/mol. The van der Waals surface area contributed by atoms with Gasteiger partial charge in [0.2, 0.25) is 0 Å². The number of aromatic nitrogens is 3. The van der Waals surface area contributed by atoms with Gasteiger partial charge in [-0.15, -0.1) is 0 Å². The Balaban J connectivity index is 1.00. The second-order valence-electron chi connectivity index (χ2n) is 14.9. The molecule has 0 spiro atoms. The molecule has 10 aromatic carbocycles. The fourth-order valence-corrected chi connectivity index (χ4v) is 9.37. The quantitative estimate of drug-likeness (QED) is 0.169. The molecule has 0 amide bonds. The van der Waals surface area contributed by atoms with Crippen molar-refractivity contribution in [3.05, 3.63) is 200 Å². The van der Waals surface area contributed by atoms with Crippen LogP contribution in [0.1, 0.15) is 0 Å². The van der Waals surface area contributed by atoms with Gasteiger partial charge in [-0.2, -0.15) is 0 Å². The molecule has 0 atom stereocenters. The maximum atomic E-state index is 4.76. The molecule has 0 fully saturated rings. The van der Waals surface area contributed by atoms with Crippen molar-refractivity contribution in [1.82, 2.24) is 14.5 Å². The van der Waals surface area contributed by atoms with Crippen molar-refractivity contribution in [2.24, 2.45) is 0 Å². The highest BCUT2D eigenvalue weighted by molar-refractivity contribution is 6.23. The van der Waals surface area contributed by atoms with Crippen LogP contribution in [0, 0.1) is 0 Å². The Bertz CT molecular complexity index is 3510. The largest absolute Gasteiger partial charge is 0.309 e. The van der Waals surface area contributed by atoms with Gasteiger partial charge in [0.05, 0.1) is 27.8 Å². The van der Waals surface area contributed by atoms with Gasteiger partial charge in [-0.05, 0) is 90.6 Å². The Hall–Kier alpha value is -7.62. The lowest BCUT2D eigenvalue weighted by Crippen LogP contribution is -1.96. The Morgan fingerprint density at radius 1 is 0.281 bits per heavy atom. The summed E-state index contributed by atoms with van der Waals surface area (Å²) in [5, 5.41) is 12.1. The highest BCUT2D eigenvalue weighted by atomic mass is 15.0. The van der Waals surface area contributed by atoms with Gasteiger partial charge in [-0.25, -0.2) is 0 Å². The second-order valence-corrected chi connectivity index (χ2v) is 14.9. The summed E-state index contributed by atoms with van der Waals surface area (Å²) < 4.78 is 2.43. The minimum atomic E-state index is 0.937. The molecule has 0 radical (unpaired) electrons. The predicted octanol–water partition coefficient (Wildman–Crippen LogP) is 14.3. The molecular formula is C54H33N3. The first kappa shape index (κ1) is 31.7. The molecule has 57 heavy (non-hydrogen) atoms. The molecule has 264 valence electrons. The van der Waals surface area contributed by atoms with Crippen molar-refractivity contribution in [2.45, 2.75) is 0 Å². The third kappa shape index (κ3) is 4.79. The number of rotatable bonds is 4. The zero-order valence-corrected chi connectivity index (χ0v) is 30.9. The summed E-state index contributed by atoms with van der Waals surface area (Å²) >= 11 is 0. The molecule has 2 aromatic heterocycles. The standard InChI is InChI=1S/C54H33N3/c1-3-16-44-41(14-1)43(28-29-52(44)57-50-24-7-5-17-45(50)46-18-6-8-25-51(46)57)40-23-11-21-38-37(20-10-22-39(38)40)36-13-9-12-34(32-36)35-26-27-48-49(33-35)42-15-2-4-19-47(42)53-54(48)56-31-30-55-53/h1-33H. The van der Waals surface area contributed by atoms with E-state index >= 15 is 0 Å². The van der Waals surface area contributed by atoms with E-state index in [9.17, 15) is 0 Å². The lowest BCUT2D eigenvalue weighted by Gasteiger charge is -2.17. The first-order valence-electron chi connectivity index (χ1n) is 19.5. The number of para-hydroxylation sites is 2. The lowest BCUT2D eigenvalue weighted by molar-refractivity contribution is 1.20. The zero-order valence-electron chi connectivity index (χ0n) is 30.9. The summed E-state index contributed by atoms with van der Waals surface area (Å²) in [7, 11) is 0. The highest BCUT2D eigenvalue weighted by Gasteiger charge is 2.18. The van der Waals surface area contributed by atoms with Crippen molar-refractivity contribution in [2.75, 3.05) is 0 Å². The van der Waals surface area contributed by atoms with Crippen LogP contribution in [0.2, 0.25) is 0 Å². The third-order valence-electron chi connectivity index (χ3n) is 11.9. The average molecular weight is 724 g/mol. The number of nitrogens with zero attached hydrogens (tertiary/aromatic N) is 3. The summed E-state index contributed by atoms with van der Waals surface area (Å²) in [5.41, 5.74) is 12.7. The zero-order chi connectivity index (χ0) is 37.5. The van der Waals surface area contributed by atoms with Crippen molar-refractivity contribution >= 4 is 75.9 Å². The normalized spacial score (nSPS) is 11.9. The van der Waals surface area contributed by atoms with E-state index in [1.165, 1.54) is 93.2 Å². The summed E-state index contributed by atoms with van der Waals surface area (Å²) in [6.45, 7) is 0. The van der Waals surface area contributed by atoms with Gasteiger partial charge in [0, 0.05) is 39.3 Å². The van der Waals surface area contributed by atoms with Crippen molar-refractivity contribution < 1.29 is 0 Å². The Morgan fingerprint density at radius 3 is 1.51 bits per heavy atom. The van der Waals surface area contributed by atoms with Crippen LogP contribution in [0.3, 0.4) is 0 Å². The summed E-state index contributed by atoms with van der Waals surface area (Å²) in [4.78, 5) is 9.49. The van der Waals surface area contributed by atoms with Gasteiger partial charge >= 0.3 is 0 Å². The van der Waals surface area contributed by atoms with E-state index in [0.29, 0.717) is 0 Å². The van der Waals surface area contributed by atoms with Crippen LogP contribution in [0.4, 0.5) is 0 Å². The molecule has 2 heterocycles. The summed E-state index contributed by atoms with van der Waals surface area (Å²) in [6.07, 6.45) is 3.57. The van der Waals surface area contributed by atoms with E-state index in [1.54, 1.807) is 12.4 Å². The van der Waals surface area contributed by atoms with E-state index in [4.69, 9.17) is 9.97 Å². The van der Waals surface area contributed by atoms with Crippen molar-refractivity contribution in [3.63, 3.8) is 0 Å². The van der Waals surface area contributed by atoms with E-state index in [2.05, 4.69) is 193 Å². The molecule has 12 aromatic rings. The SMILES string of the molecule is c1cc(-c2ccc3c(c2)c2ccccc2c2nccnc32)cc(-c2cccc3c(-c4ccc(-n5c6ccccc6c6ccccc65)c5ccccc45)cccc23)c1. The summed E-state index contributed by atoms with van der Waals surface area (Å²) in [6, 6.07) is 68.7. The molecule has 0 aliphatic rings. The topological polar surface area (TPSA) is 30.7 Å². The molecule has 0 bridgehead atoms. The second kappa shape index (κ2) is 12.5. The average Bonchev–Trinajstić information content (AvgIpc) is 3.62. The fraction of sp³-hybridized carbons (Fsp3) is 0. The van der Waals surface area contributed by atoms with Crippen molar-refractivity contribution in [3.8, 4) is 39.1 Å². The molecule has 0 saturated heterocycles. The van der Waals surface area contributed by atoms with Gasteiger partial charge in [0.25, 0.3) is 0 Å². The van der Waals surface area contributed by atoms with Crippen LogP contribution in [0.15, 0.2) is 200 Å². The molecule has 0 N–H and O–H groups in total. The molecule has 0 aliphatic carbocycles. The van der Waals surface area contributed by atoms with Gasteiger partial charge in [0.15, 0.2) is 0 Å². The minimum Gasteiger partial charge on any atom is -0.309 e. The first-order valence-corrected chi connectivity index (χ1v) is 19.5. The minimum absolute atomic E-state index is 0.937. The maximum Gasteiger partial charge on any atom is 0.0971 e. The number of hydrogen-bond acceptors (Lipinski definition) is 2. The number of fused-ring (bicyclic) bond motifs is 11. The first-order chi connectivity index (χ1) is 28.3. The van der Waals surface area contributed by atoms with Gasteiger partial charge in [0.1, 0.15) is 0 Å². The summed E-state index contributed by atoms with van der Waals surface area (Å²) in [5.74, 6) is 0. The third-order valence-corrected chi connectivity index (χ3v) is 11.9. The van der Waals surface area contributed by atoms with Crippen molar-refractivity contribution in [1.29, 1.82) is 0 Å². The van der Waals surface area contributed by atoms with Gasteiger partial charge < -0.3 is 4.57 Å². The van der Waals surface area contributed by atoms with Gasteiger partial charge in [-0.3, -0.25) is 9.97 Å². The Morgan fingerprint density at radius 2 is 0.772 bits per heavy atom.